The van der Waals surface area contributed by atoms with Crippen LogP contribution < -0.4 is 5.11 Å². The standard InChI is InChI=1S/C37H67NO7/c1-6-8-10-12-14-16-18-20-21-23-25-27-35(39)44-32-33(31-43-30-29-34(37(41)42)38(3,4)5)45-36(40)28-26-24-22-19-17-15-13-11-9-7-2/h12-15,33-34H,6-11,16-32H2,1-5H3/b14-12+,15-13+. The van der Waals surface area contributed by atoms with Gasteiger partial charge >= 0.3 is 11.9 Å². The molecule has 0 amide bonds. The maximum atomic E-state index is 12.6. The summed E-state index contributed by atoms with van der Waals surface area (Å²) in [5, 5.41) is 11.5. The first-order valence-corrected chi connectivity index (χ1v) is 17.9. The zero-order chi connectivity index (χ0) is 33.6. The molecule has 0 aromatic carbocycles. The van der Waals surface area contributed by atoms with Crippen molar-refractivity contribution in [2.24, 2.45) is 0 Å². The van der Waals surface area contributed by atoms with Crippen LogP contribution in [0.3, 0.4) is 0 Å². The molecule has 45 heavy (non-hydrogen) atoms. The van der Waals surface area contributed by atoms with Gasteiger partial charge in [-0.3, -0.25) is 9.59 Å². The molecule has 0 saturated heterocycles. The molecule has 0 aromatic heterocycles. The molecule has 0 spiro atoms. The van der Waals surface area contributed by atoms with Crippen molar-refractivity contribution in [3.63, 3.8) is 0 Å². The van der Waals surface area contributed by atoms with Gasteiger partial charge in [0.2, 0.25) is 0 Å². The minimum Gasteiger partial charge on any atom is -0.544 e. The molecule has 0 N–H and O–H groups in total. The molecule has 8 nitrogen and oxygen atoms in total. The second-order valence-corrected chi connectivity index (χ2v) is 13.1. The number of nitrogens with zero attached hydrogens (tertiary/aromatic N) is 1. The smallest absolute Gasteiger partial charge is 0.306 e. The first-order valence-electron chi connectivity index (χ1n) is 17.9. The Bertz CT molecular complexity index is 803. The third-order valence-electron chi connectivity index (χ3n) is 7.81. The number of carbonyl (C=O) groups is 3. The minimum atomic E-state index is -1.13. The quantitative estimate of drug-likeness (QED) is 0.0342. The number of hydrogen-bond donors (Lipinski definition) is 0. The molecule has 0 saturated carbocycles. The van der Waals surface area contributed by atoms with Gasteiger partial charge < -0.3 is 28.6 Å². The average molecular weight is 638 g/mol. The van der Waals surface area contributed by atoms with Crippen molar-refractivity contribution in [1.29, 1.82) is 0 Å². The number of likely N-dealkylation sites (N-methyl/N-ethyl adjacent to an activating group) is 1. The largest absolute Gasteiger partial charge is 0.544 e. The number of unbranched alkanes of at least 4 members (excludes halogenated alkanes) is 13. The molecule has 8 heteroatoms. The molecule has 0 heterocycles. The highest BCUT2D eigenvalue weighted by Gasteiger charge is 2.25. The van der Waals surface area contributed by atoms with Crippen molar-refractivity contribution >= 4 is 17.9 Å². The fourth-order valence-corrected chi connectivity index (χ4v) is 4.91. The molecule has 0 aromatic rings. The van der Waals surface area contributed by atoms with Crippen molar-refractivity contribution < 1.29 is 38.2 Å². The average Bonchev–Trinajstić information content (AvgIpc) is 2.98. The number of carboxylic acid groups (broad SMARTS) is 1. The van der Waals surface area contributed by atoms with Gasteiger partial charge in [-0.25, -0.2) is 0 Å². The molecule has 262 valence electrons. The van der Waals surface area contributed by atoms with Crippen molar-refractivity contribution in [3.05, 3.63) is 24.3 Å². The lowest BCUT2D eigenvalue weighted by Gasteiger charge is -2.34. The van der Waals surface area contributed by atoms with Crippen LogP contribution in [0.2, 0.25) is 0 Å². The highest BCUT2D eigenvalue weighted by atomic mass is 16.6. The van der Waals surface area contributed by atoms with Crippen molar-refractivity contribution in [1.82, 2.24) is 0 Å². The number of quaternary nitrogens is 1. The summed E-state index contributed by atoms with van der Waals surface area (Å²) in [6.07, 6.45) is 27.7. The molecular formula is C37H67NO7. The van der Waals surface area contributed by atoms with Crippen molar-refractivity contribution in [2.45, 2.75) is 154 Å². The fraction of sp³-hybridized carbons (Fsp3) is 0.811. The van der Waals surface area contributed by atoms with Crippen LogP contribution in [0.1, 0.15) is 142 Å². The van der Waals surface area contributed by atoms with Gasteiger partial charge in [-0.15, -0.1) is 0 Å². The Hall–Kier alpha value is -2.19. The Kier molecular flexibility index (Phi) is 27.8. The summed E-state index contributed by atoms with van der Waals surface area (Å²) in [6.45, 7) is 4.53. The third-order valence-corrected chi connectivity index (χ3v) is 7.81. The van der Waals surface area contributed by atoms with E-state index < -0.39 is 18.1 Å². The summed E-state index contributed by atoms with van der Waals surface area (Å²) in [7, 11) is 5.38. The number of carbonyl (C=O) groups excluding carboxylic acids is 3. The fourth-order valence-electron chi connectivity index (χ4n) is 4.91. The van der Waals surface area contributed by atoms with Crippen LogP contribution in [0.4, 0.5) is 0 Å². The van der Waals surface area contributed by atoms with E-state index >= 15 is 0 Å². The first-order chi connectivity index (χ1) is 21.6. The summed E-state index contributed by atoms with van der Waals surface area (Å²) in [4.78, 5) is 36.5. The van der Waals surface area contributed by atoms with Gasteiger partial charge in [-0.2, -0.15) is 0 Å². The summed E-state index contributed by atoms with van der Waals surface area (Å²) in [5.41, 5.74) is 0. The summed E-state index contributed by atoms with van der Waals surface area (Å²) < 4.78 is 17.0. The highest BCUT2D eigenvalue weighted by Crippen LogP contribution is 2.12. The molecule has 0 aliphatic rings. The number of allylic oxidation sites excluding steroid dienone is 4. The van der Waals surface area contributed by atoms with E-state index in [1.54, 1.807) is 21.1 Å². The molecule has 0 aliphatic heterocycles. The monoisotopic (exact) mass is 637 g/mol. The molecular weight excluding hydrogens is 570 g/mol. The van der Waals surface area contributed by atoms with Gasteiger partial charge in [-0.1, -0.05) is 95.9 Å². The normalized spacial score (nSPS) is 13.4. The topological polar surface area (TPSA) is 102 Å². The predicted molar refractivity (Wildman–Crippen MR) is 180 cm³/mol. The number of aliphatic carboxylic acids is 1. The summed E-state index contributed by atoms with van der Waals surface area (Å²) in [6, 6.07) is -0.724. The van der Waals surface area contributed by atoms with Gasteiger partial charge in [0.25, 0.3) is 0 Å². The van der Waals surface area contributed by atoms with Crippen molar-refractivity contribution in [2.75, 3.05) is 41.0 Å². The van der Waals surface area contributed by atoms with Crippen LogP contribution >= 0.6 is 0 Å². The predicted octanol–water partition coefficient (Wildman–Crippen LogP) is 7.24. The van der Waals surface area contributed by atoms with Gasteiger partial charge in [-0.05, 0) is 51.4 Å². The molecule has 2 unspecified atom stereocenters. The second kappa shape index (κ2) is 29.2. The Morgan fingerprint density at radius 3 is 1.60 bits per heavy atom. The third kappa shape index (κ3) is 27.8. The van der Waals surface area contributed by atoms with Crippen LogP contribution in [-0.4, -0.2) is 75.5 Å². The minimum absolute atomic E-state index is 0.0349. The van der Waals surface area contributed by atoms with E-state index in [0.29, 0.717) is 12.8 Å². The second-order valence-electron chi connectivity index (χ2n) is 13.1. The van der Waals surface area contributed by atoms with Crippen LogP contribution in [0.15, 0.2) is 24.3 Å². The molecule has 0 radical (unpaired) electrons. The van der Waals surface area contributed by atoms with E-state index in [0.717, 1.165) is 70.6 Å². The van der Waals surface area contributed by atoms with E-state index in [1.807, 2.05) is 0 Å². The molecule has 0 fully saturated rings. The lowest BCUT2D eigenvalue weighted by Crippen LogP contribution is -2.55. The lowest BCUT2D eigenvalue weighted by atomic mass is 10.1. The number of rotatable bonds is 31. The summed E-state index contributed by atoms with van der Waals surface area (Å²) >= 11 is 0. The summed E-state index contributed by atoms with van der Waals surface area (Å²) in [5.74, 6) is -1.77. The Morgan fingerprint density at radius 1 is 0.644 bits per heavy atom. The number of carboxylic acids is 1. The van der Waals surface area contributed by atoms with Gasteiger partial charge in [0.1, 0.15) is 12.6 Å². The Morgan fingerprint density at radius 2 is 1.11 bits per heavy atom. The van der Waals surface area contributed by atoms with E-state index in [-0.39, 0.29) is 42.7 Å². The number of hydrogen-bond acceptors (Lipinski definition) is 7. The highest BCUT2D eigenvalue weighted by molar-refractivity contribution is 5.70. The van der Waals surface area contributed by atoms with Crippen molar-refractivity contribution in [3.8, 4) is 0 Å². The van der Waals surface area contributed by atoms with Gasteiger partial charge in [0, 0.05) is 19.3 Å². The number of esters is 2. The zero-order valence-electron chi connectivity index (χ0n) is 29.5. The molecule has 0 bridgehead atoms. The lowest BCUT2D eigenvalue weighted by molar-refractivity contribution is -0.889. The molecule has 2 atom stereocenters. The van der Waals surface area contributed by atoms with Crippen LogP contribution in [0, 0.1) is 0 Å². The Balaban J connectivity index is 4.49. The van der Waals surface area contributed by atoms with E-state index in [1.165, 1.54) is 38.5 Å². The van der Waals surface area contributed by atoms with E-state index in [9.17, 15) is 19.5 Å². The molecule has 0 aliphatic carbocycles. The van der Waals surface area contributed by atoms with Gasteiger partial charge in [0.05, 0.1) is 40.3 Å². The molecule has 0 rings (SSSR count). The van der Waals surface area contributed by atoms with Crippen LogP contribution in [0.25, 0.3) is 0 Å². The van der Waals surface area contributed by atoms with E-state index in [4.69, 9.17) is 14.2 Å². The zero-order valence-corrected chi connectivity index (χ0v) is 29.5. The maximum Gasteiger partial charge on any atom is 0.306 e. The van der Waals surface area contributed by atoms with Crippen LogP contribution in [-0.2, 0) is 28.6 Å². The van der Waals surface area contributed by atoms with Crippen LogP contribution in [0.5, 0.6) is 0 Å². The van der Waals surface area contributed by atoms with Gasteiger partial charge in [0.15, 0.2) is 6.10 Å². The SMILES string of the molecule is CCCC/C=C/CCCCCCCC(=O)OCC(COCCC(C(=O)[O-])[N+](C)(C)C)OC(=O)CCCCCC/C=C/CCCC. The first kappa shape index (κ1) is 42.8. The number of ether oxygens (including phenoxy) is 3. The Labute approximate surface area is 275 Å². The van der Waals surface area contributed by atoms with E-state index in [2.05, 4.69) is 38.2 Å². The maximum absolute atomic E-state index is 12.6.